The van der Waals surface area contributed by atoms with E-state index in [1.54, 1.807) is 27.0 Å². The van der Waals surface area contributed by atoms with Crippen LogP contribution in [0.1, 0.15) is 31.9 Å². The molecule has 26 heavy (non-hydrogen) atoms. The molecule has 1 aromatic carbocycles. The SMILES string of the molecule is CC(C)(C)OC(=O)NCC(=O)NCc1ccc2[nH]cc(CC(=O)O)c2c1. The van der Waals surface area contributed by atoms with E-state index in [1.165, 1.54) is 0 Å². The Hall–Kier alpha value is -3.03. The number of rotatable bonds is 6. The smallest absolute Gasteiger partial charge is 0.408 e. The van der Waals surface area contributed by atoms with Crippen LogP contribution in [0.5, 0.6) is 0 Å². The highest BCUT2D eigenvalue weighted by Crippen LogP contribution is 2.20. The van der Waals surface area contributed by atoms with E-state index in [9.17, 15) is 14.4 Å². The standard InChI is InChI=1S/C18H23N3O5/c1-18(2,3)26-17(25)21-10-15(22)20-8-11-4-5-14-13(6-11)12(9-19-14)7-16(23)24/h4-6,9,19H,7-8,10H2,1-3H3,(H,20,22)(H,21,25)(H,23,24). The first kappa shape index (κ1) is 19.3. The zero-order chi connectivity index (χ0) is 19.3. The lowest BCUT2D eigenvalue weighted by molar-refractivity contribution is -0.136. The summed E-state index contributed by atoms with van der Waals surface area (Å²) in [5.41, 5.74) is 1.73. The van der Waals surface area contributed by atoms with Gasteiger partial charge in [-0.15, -0.1) is 0 Å². The Bertz CT molecular complexity index is 820. The number of hydrogen-bond donors (Lipinski definition) is 4. The summed E-state index contributed by atoms with van der Waals surface area (Å²) in [6.07, 6.45) is 0.946. The maximum absolute atomic E-state index is 11.8. The van der Waals surface area contributed by atoms with Crippen LogP contribution >= 0.6 is 0 Å². The number of carbonyl (C=O) groups excluding carboxylic acids is 2. The Morgan fingerprint density at radius 3 is 2.58 bits per heavy atom. The number of carboxylic acids is 1. The summed E-state index contributed by atoms with van der Waals surface area (Å²) >= 11 is 0. The Morgan fingerprint density at radius 2 is 1.92 bits per heavy atom. The van der Waals surface area contributed by atoms with E-state index in [4.69, 9.17) is 9.84 Å². The van der Waals surface area contributed by atoms with Gasteiger partial charge >= 0.3 is 12.1 Å². The number of aromatic nitrogens is 1. The number of nitrogens with one attached hydrogen (secondary N) is 3. The second-order valence-electron chi connectivity index (χ2n) is 6.90. The molecule has 0 atom stereocenters. The predicted octanol–water partition coefficient (Wildman–Crippen LogP) is 1.94. The van der Waals surface area contributed by atoms with Gasteiger partial charge in [0.2, 0.25) is 5.91 Å². The second kappa shape index (κ2) is 7.90. The largest absolute Gasteiger partial charge is 0.481 e. The number of aliphatic carboxylic acids is 1. The molecular formula is C18H23N3O5. The minimum Gasteiger partial charge on any atom is -0.481 e. The van der Waals surface area contributed by atoms with Gasteiger partial charge in [0, 0.05) is 23.6 Å². The summed E-state index contributed by atoms with van der Waals surface area (Å²) in [6.45, 7) is 5.29. The third-order valence-corrected chi connectivity index (χ3v) is 3.46. The molecule has 0 unspecified atom stereocenters. The molecule has 0 saturated carbocycles. The van der Waals surface area contributed by atoms with E-state index in [-0.39, 0.29) is 25.4 Å². The van der Waals surface area contributed by atoms with Crippen molar-refractivity contribution in [1.29, 1.82) is 0 Å². The van der Waals surface area contributed by atoms with Crippen LogP contribution in [0.2, 0.25) is 0 Å². The minimum atomic E-state index is -0.905. The number of carbonyl (C=O) groups is 3. The van der Waals surface area contributed by atoms with Crippen LogP contribution in [-0.4, -0.2) is 40.2 Å². The molecule has 0 spiro atoms. The third kappa shape index (κ3) is 5.80. The van der Waals surface area contributed by atoms with E-state index < -0.39 is 17.7 Å². The van der Waals surface area contributed by atoms with E-state index in [1.807, 2.05) is 18.2 Å². The van der Waals surface area contributed by atoms with Crippen LogP contribution in [0.3, 0.4) is 0 Å². The van der Waals surface area contributed by atoms with Crippen molar-refractivity contribution in [2.75, 3.05) is 6.54 Å². The van der Waals surface area contributed by atoms with Crippen LogP contribution in [0, 0.1) is 0 Å². The van der Waals surface area contributed by atoms with E-state index >= 15 is 0 Å². The number of benzene rings is 1. The number of carboxylic acid groups (broad SMARTS) is 1. The first-order valence-electron chi connectivity index (χ1n) is 8.18. The summed E-state index contributed by atoms with van der Waals surface area (Å²) in [5, 5.41) is 14.8. The molecule has 4 N–H and O–H groups in total. The fourth-order valence-electron chi connectivity index (χ4n) is 2.37. The van der Waals surface area contributed by atoms with Crippen molar-refractivity contribution in [3.05, 3.63) is 35.5 Å². The van der Waals surface area contributed by atoms with Gasteiger partial charge in [-0.1, -0.05) is 6.07 Å². The number of amides is 2. The van der Waals surface area contributed by atoms with E-state index in [2.05, 4.69) is 15.6 Å². The Balaban J connectivity index is 1.89. The van der Waals surface area contributed by atoms with Crippen LogP contribution < -0.4 is 10.6 Å². The molecule has 140 valence electrons. The van der Waals surface area contributed by atoms with Crippen molar-refractivity contribution < 1.29 is 24.2 Å². The Labute approximate surface area is 150 Å². The minimum absolute atomic E-state index is 0.0738. The zero-order valence-corrected chi connectivity index (χ0v) is 15.0. The number of fused-ring (bicyclic) bond motifs is 1. The number of aromatic amines is 1. The van der Waals surface area contributed by atoms with E-state index in [0.29, 0.717) is 5.56 Å². The molecule has 0 fully saturated rings. The summed E-state index contributed by atoms with van der Waals surface area (Å²) < 4.78 is 5.05. The average Bonchev–Trinajstić information content (AvgIpc) is 2.91. The molecule has 0 aliphatic carbocycles. The lowest BCUT2D eigenvalue weighted by Gasteiger charge is -2.19. The van der Waals surface area contributed by atoms with Crippen molar-refractivity contribution in [2.45, 2.75) is 39.3 Å². The molecule has 2 amide bonds. The van der Waals surface area contributed by atoms with Gasteiger partial charge in [0.15, 0.2) is 0 Å². The zero-order valence-electron chi connectivity index (χ0n) is 15.0. The third-order valence-electron chi connectivity index (χ3n) is 3.46. The molecule has 1 heterocycles. The lowest BCUT2D eigenvalue weighted by atomic mass is 10.1. The number of hydrogen-bond acceptors (Lipinski definition) is 4. The number of alkyl carbamates (subject to hydrolysis) is 1. The second-order valence-corrected chi connectivity index (χ2v) is 6.90. The first-order valence-corrected chi connectivity index (χ1v) is 8.18. The van der Waals surface area contributed by atoms with Crippen LogP contribution in [0.15, 0.2) is 24.4 Å². The summed E-state index contributed by atoms with van der Waals surface area (Å²) in [5.74, 6) is -1.26. The average molecular weight is 361 g/mol. The summed E-state index contributed by atoms with van der Waals surface area (Å²) in [4.78, 5) is 37.3. The van der Waals surface area contributed by atoms with Gasteiger partial charge in [0.1, 0.15) is 12.1 Å². The van der Waals surface area contributed by atoms with Crippen molar-refractivity contribution in [2.24, 2.45) is 0 Å². The van der Waals surface area contributed by atoms with Gasteiger partial charge in [-0.3, -0.25) is 9.59 Å². The molecule has 8 nitrogen and oxygen atoms in total. The summed E-state index contributed by atoms with van der Waals surface area (Å²) in [6, 6.07) is 5.51. The molecule has 2 aromatic rings. The van der Waals surface area contributed by atoms with Gasteiger partial charge in [0.25, 0.3) is 0 Å². The fraction of sp³-hybridized carbons (Fsp3) is 0.389. The Morgan fingerprint density at radius 1 is 1.19 bits per heavy atom. The molecule has 0 saturated heterocycles. The topological polar surface area (TPSA) is 121 Å². The molecule has 0 aliphatic rings. The van der Waals surface area contributed by atoms with Gasteiger partial charge in [-0.2, -0.15) is 0 Å². The van der Waals surface area contributed by atoms with Crippen LogP contribution in [0.4, 0.5) is 4.79 Å². The highest BCUT2D eigenvalue weighted by molar-refractivity contribution is 5.87. The lowest BCUT2D eigenvalue weighted by Crippen LogP contribution is -2.39. The van der Waals surface area contributed by atoms with Gasteiger partial charge in [-0.05, 0) is 44.0 Å². The van der Waals surface area contributed by atoms with Crippen molar-refractivity contribution in [3.8, 4) is 0 Å². The molecular weight excluding hydrogens is 338 g/mol. The Kier molecular flexibility index (Phi) is 5.86. The van der Waals surface area contributed by atoms with Gasteiger partial charge in [0.05, 0.1) is 6.42 Å². The van der Waals surface area contributed by atoms with Crippen molar-refractivity contribution >= 4 is 28.9 Å². The first-order chi connectivity index (χ1) is 12.1. The van der Waals surface area contributed by atoms with Crippen molar-refractivity contribution in [1.82, 2.24) is 15.6 Å². The molecule has 8 heteroatoms. The summed E-state index contributed by atoms with van der Waals surface area (Å²) in [7, 11) is 0. The number of H-pyrrole nitrogens is 1. The van der Waals surface area contributed by atoms with Crippen molar-refractivity contribution in [3.63, 3.8) is 0 Å². The van der Waals surface area contributed by atoms with Gasteiger partial charge < -0.3 is 25.5 Å². The molecule has 0 aliphatic heterocycles. The molecule has 2 rings (SSSR count). The molecule has 1 aromatic heterocycles. The normalized spacial score (nSPS) is 11.2. The maximum Gasteiger partial charge on any atom is 0.408 e. The molecule has 0 bridgehead atoms. The van der Waals surface area contributed by atoms with Crippen LogP contribution in [0.25, 0.3) is 10.9 Å². The van der Waals surface area contributed by atoms with Crippen LogP contribution in [-0.2, 0) is 27.3 Å². The monoisotopic (exact) mass is 361 g/mol. The maximum atomic E-state index is 11.8. The van der Waals surface area contributed by atoms with Gasteiger partial charge in [-0.25, -0.2) is 4.79 Å². The highest BCUT2D eigenvalue weighted by atomic mass is 16.6. The fourth-order valence-corrected chi connectivity index (χ4v) is 2.37. The molecule has 0 radical (unpaired) electrons. The quantitative estimate of drug-likeness (QED) is 0.627. The number of ether oxygens (including phenoxy) is 1. The highest BCUT2D eigenvalue weighted by Gasteiger charge is 2.16. The predicted molar refractivity (Wildman–Crippen MR) is 95.7 cm³/mol. The van der Waals surface area contributed by atoms with E-state index in [0.717, 1.165) is 16.5 Å².